The number of carbonyl (C=O) groups excluding carboxylic acids is 1. The highest BCUT2D eigenvalue weighted by molar-refractivity contribution is 7.92. The third-order valence-electron chi connectivity index (χ3n) is 4.80. The van der Waals surface area contributed by atoms with E-state index >= 15 is 0 Å². The summed E-state index contributed by atoms with van der Waals surface area (Å²) in [7, 11) is -3.90. The van der Waals surface area contributed by atoms with Crippen molar-refractivity contribution in [3.8, 4) is 17.1 Å². The maximum absolute atomic E-state index is 12.9. The molecule has 9 nitrogen and oxygen atoms in total. The molecule has 0 spiro atoms. The van der Waals surface area contributed by atoms with Crippen molar-refractivity contribution in [2.75, 3.05) is 16.6 Å². The molecule has 3 aromatic carbocycles. The van der Waals surface area contributed by atoms with Gasteiger partial charge in [0.2, 0.25) is 0 Å². The molecule has 174 valence electrons. The van der Waals surface area contributed by atoms with Crippen LogP contribution in [0.5, 0.6) is 5.75 Å². The number of nitrogens with zero attached hydrogens (tertiary/aromatic N) is 2. The summed E-state index contributed by atoms with van der Waals surface area (Å²) in [4.78, 5) is 17.1. The molecule has 0 atom stereocenters. The molecule has 0 radical (unpaired) electrons. The number of H-pyrrole nitrogens is 1. The zero-order valence-electron chi connectivity index (χ0n) is 18.6. The predicted molar refractivity (Wildman–Crippen MR) is 129 cm³/mol. The molecule has 3 N–H and O–H groups in total. The Morgan fingerprint density at radius 3 is 2.47 bits per heavy atom. The lowest BCUT2D eigenvalue weighted by atomic mass is 10.1. The van der Waals surface area contributed by atoms with Crippen LogP contribution >= 0.6 is 0 Å². The molecular formula is C24H23N5O4S. The Morgan fingerprint density at radius 1 is 1.00 bits per heavy atom. The van der Waals surface area contributed by atoms with E-state index in [-0.39, 0.29) is 10.5 Å². The van der Waals surface area contributed by atoms with Crippen LogP contribution in [0.15, 0.2) is 77.7 Å². The van der Waals surface area contributed by atoms with Crippen LogP contribution in [0.2, 0.25) is 0 Å². The molecule has 0 bridgehead atoms. The fourth-order valence-electron chi connectivity index (χ4n) is 3.22. The van der Waals surface area contributed by atoms with Gasteiger partial charge in [-0.2, -0.15) is 5.10 Å². The number of aryl methyl sites for hydroxylation is 1. The number of aromatic amines is 1. The van der Waals surface area contributed by atoms with E-state index in [2.05, 4.69) is 25.2 Å². The number of amides is 1. The van der Waals surface area contributed by atoms with E-state index in [1.165, 1.54) is 18.2 Å². The van der Waals surface area contributed by atoms with E-state index in [1.54, 1.807) is 55.5 Å². The molecule has 34 heavy (non-hydrogen) atoms. The lowest BCUT2D eigenvalue weighted by molar-refractivity contribution is 0.102. The maximum atomic E-state index is 12.9. The SMILES string of the molecule is CCOc1ccc(NS(=O)(=O)c2cccc(C(=O)Nc3cccc(-c4n[nH]c(C)n4)c3)c2)cc1. The molecule has 0 aliphatic rings. The standard InChI is InChI=1S/C24H23N5O4S/c1-3-33-21-12-10-19(11-13-21)29-34(31,32)22-9-5-7-18(15-22)24(30)26-20-8-4-6-17(14-20)23-25-16(2)27-28-23/h4-15,29H,3H2,1-2H3,(H,26,30)(H,25,27,28). The van der Waals surface area contributed by atoms with E-state index in [0.717, 1.165) is 5.56 Å². The smallest absolute Gasteiger partial charge is 0.261 e. The summed E-state index contributed by atoms with van der Waals surface area (Å²) in [5, 5.41) is 9.69. The first-order valence-electron chi connectivity index (χ1n) is 10.5. The normalized spacial score (nSPS) is 11.1. The van der Waals surface area contributed by atoms with E-state index < -0.39 is 15.9 Å². The molecule has 4 rings (SSSR count). The first-order valence-corrected chi connectivity index (χ1v) is 12.0. The molecule has 0 fully saturated rings. The van der Waals surface area contributed by atoms with Crippen molar-refractivity contribution in [2.45, 2.75) is 18.7 Å². The summed E-state index contributed by atoms with van der Waals surface area (Å²) < 4.78 is 33.6. The Labute approximate surface area is 197 Å². The molecule has 10 heteroatoms. The fourth-order valence-corrected chi connectivity index (χ4v) is 4.32. The Kier molecular flexibility index (Phi) is 6.60. The molecule has 1 heterocycles. The number of sulfonamides is 1. The number of rotatable bonds is 8. The van der Waals surface area contributed by atoms with Crippen LogP contribution in [0, 0.1) is 6.92 Å². The van der Waals surface area contributed by atoms with Crippen molar-refractivity contribution in [1.82, 2.24) is 15.2 Å². The van der Waals surface area contributed by atoms with Gasteiger partial charge in [-0.25, -0.2) is 13.4 Å². The van der Waals surface area contributed by atoms with Crippen LogP contribution in [0.4, 0.5) is 11.4 Å². The van der Waals surface area contributed by atoms with Crippen molar-refractivity contribution in [3.63, 3.8) is 0 Å². The molecular weight excluding hydrogens is 454 g/mol. The molecule has 0 saturated carbocycles. The van der Waals surface area contributed by atoms with E-state index in [9.17, 15) is 13.2 Å². The van der Waals surface area contributed by atoms with Crippen LogP contribution in [-0.4, -0.2) is 36.1 Å². The first-order chi connectivity index (χ1) is 16.3. The zero-order chi connectivity index (χ0) is 24.1. The molecule has 1 amide bonds. The Hall–Kier alpha value is -4.18. The minimum Gasteiger partial charge on any atom is -0.494 e. The molecule has 0 saturated heterocycles. The van der Waals surface area contributed by atoms with Crippen LogP contribution in [0.3, 0.4) is 0 Å². The highest BCUT2D eigenvalue weighted by Gasteiger charge is 2.17. The van der Waals surface area contributed by atoms with Crippen LogP contribution in [0.25, 0.3) is 11.4 Å². The summed E-state index contributed by atoms with van der Waals surface area (Å²) in [6, 6.07) is 19.5. The second-order valence-corrected chi connectivity index (χ2v) is 9.05. The van der Waals surface area contributed by atoms with Gasteiger partial charge in [0, 0.05) is 22.5 Å². The van der Waals surface area contributed by atoms with Gasteiger partial charge in [0.15, 0.2) is 5.82 Å². The molecule has 0 aliphatic carbocycles. The molecule has 0 unspecified atom stereocenters. The van der Waals surface area contributed by atoms with Gasteiger partial charge in [-0.1, -0.05) is 18.2 Å². The predicted octanol–water partition coefficient (Wildman–Crippen LogP) is 4.23. The summed E-state index contributed by atoms with van der Waals surface area (Å²) >= 11 is 0. The largest absolute Gasteiger partial charge is 0.494 e. The van der Waals surface area contributed by atoms with Crippen molar-refractivity contribution in [2.24, 2.45) is 0 Å². The summed E-state index contributed by atoms with van der Waals surface area (Å²) in [6.45, 7) is 4.19. The summed E-state index contributed by atoms with van der Waals surface area (Å²) in [5.74, 6) is 1.40. The monoisotopic (exact) mass is 477 g/mol. The minimum absolute atomic E-state index is 0.0287. The minimum atomic E-state index is -3.90. The average molecular weight is 478 g/mol. The van der Waals surface area contributed by atoms with Gasteiger partial charge in [0.05, 0.1) is 11.5 Å². The van der Waals surface area contributed by atoms with Crippen molar-refractivity contribution in [3.05, 3.63) is 84.2 Å². The van der Waals surface area contributed by atoms with Gasteiger partial charge in [0.25, 0.3) is 15.9 Å². The van der Waals surface area contributed by atoms with Gasteiger partial charge in [-0.3, -0.25) is 14.6 Å². The number of hydrogen-bond acceptors (Lipinski definition) is 6. The van der Waals surface area contributed by atoms with Gasteiger partial charge in [-0.05, 0) is 68.4 Å². The fraction of sp³-hybridized carbons (Fsp3) is 0.125. The van der Waals surface area contributed by atoms with Crippen molar-refractivity contribution in [1.29, 1.82) is 0 Å². The van der Waals surface area contributed by atoms with Gasteiger partial charge in [-0.15, -0.1) is 0 Å². The number of nitrogens with one attached hydrogen (secondary N) is 3. The number of aromatic nitrogens is 3. The third kappa shape index (κ3) is 5.41. The second kappa shape index (κ2) is 9.75. The van der Waals surface area contributed by atoms with Gasteiger partial charge in [0.1, 0.15) is 11.6 Å². The van der Waals surface area contributed by atoms with Crippen LogP contribution in [-0.2, 0) is 10.0 Å². The van der Waals surface area contributed by atoms with Gasteiger partial charge < -0.3 is 10.1 Å². The Bertz CT molecular complexity index is 1420. The second-order valence-electron chi connectivity index (χ2n) is 7.37. The highest BCUT2D eigenvalue weighted by Crippen LogP contribution is 2.22. The summed E-state index contributed by atoms with van der Waals surface area (Å²) in [6.07, 6.45) is 0. The quantitative estimate of drug-likeness (QED) is 0.349. The first kappa shape index (κ1) is 23.0. The molecule has 1 aromatic heterocycles. The van der Waals surface area contributed by atoms with Crippen molar-refractivity contribution >= 4 is 27.3 Å². The van der Waals surface area contributed by atoms with E-state index in [1.807, 2.05) is 13.0 Å². The Balaban J connectivity index is 1.50. The lowest BCUT2D eigenvalue weighted by Gasteiger charge is -2.11. The number of hydrogen-bond donors (Lipinski definition) is 3. The molecule has 4 aromatic rings. The highest BCUT2D eigenvalue weighted by atomic mass is 32.2. The van der Waals surface area contributed by atoms with Crippen molar-refractivity contribution < 1.29 is 17.9 Å². The molecule has 0 aliphatic heterocycles. The number of ether oxygens (including phenoxy) is 1. The lowest BCUT2D eigenvalue weighted by Crippen LogP contribution is -2.16. The Morgan fingerprint density at radius 2 is 1.76 bits per heavy atom. The topological polar surface area (TPSA) is 126 Å². The van der Waals surface area contributed by atoms with E-state index in [4.69, 9.17) is 4.74 Å². The van der Waals surface area contributed by atoms with Crippen LogP contribution in [0.1, 0.15) is 23.1 Å². The zero-order valence-corrected chi connectivity index (χ0v) is 19.4. The average Bonchev–Trinajstić information content (AvgIpc) is 3.27. The third-order valence-corrected chi connectivity index (χ3v) is 6.18. The summed E-state index contributed by atoms with van der Waals surface area (Å²) in [5.41, 5.74) is 1.86. The van der Waals surface area contributed by atoms with E-state index in [0.29, 0.717) is 35.4 Å². The van der Waals surface area contributed by atoms with Crippen LogP contribution < -0.4 is 14.8 Å². The number of benzene rings is 3. The maximum Gasteiger partial charge on any atom is 0.261 e. The number of anilines is 2. The van der Waals surface area contributed by atoms with Gasteiger partial charge >= 0.3 is 0 Å². The number of carbonyl (C=O) groups is 1.